The summed E-state index contributed by atoms with van der Waals surface area (Å²) >= 11 is 0. The standard InChI is InChI=1S/C9H6N2O.C8H8N2/c12-6-11-9-3-1-2-8-7(9)4-5-10-8;9-7-2-1-3-8-6(7)4-5-10-8/h1-5,10H;1-5,10H,9H2. The molecule has 5 heteroatoms. The molecule has 0 aliphatic heterocycles. The molecule has 4 N–H and O–H groups in total. The Kier molecular flexibility index (Phi) is 3.72. The first-order valence-corrected chi connectivity index (χ1v) is 6.75. The monoisotopic (exact) mass is 290 g/mol. The van der Waals surface area contributed by atoms with Crippen molar-refractivity contribution in [2.75, 3.05) is 5.73 Å². The summed E-state index contributed by atoms with van der Waals surface area (Å²) in [5.74, 6) is 0. The number of nitrogens with two attached hydrogens (primary N) is 1. The van der Waals surface area contributed by atoms with Gasteiger partial charge in [-0.05, 0) is 36.4 Å². The highest BCUT2D eigenvalue weighted by molar-refractivity contribution is 5.91. The molecular weight excluding hydrogens is 276 g/mol. The van der Waals surface area contributed by atoms with Gasteiger partial charge in [-0.2, -0.15) is 4.99 Å². The Balaban J connectivity index is 0.000000133. The minimum atomic E-state index is 0.656. The quantitative estimate of drug-likeness (QED) is 0.282. The second kappa shape index (κ2) is 5.99. The van der Waals surface area contributed by atoms with E-state index in [9.17, 15) is 4.79 Å². The second-order valence-corrected chi connectivity index (χ2v) is 4.71. The smallest absolute Gasteiger partial charge is 0.240 e. The van der Waals surface area contributed by atoms with Crippen LogP contribution in [0.25, 0.3) is 21.8 Å². The lowest BCUT2D eigenvalue weighted by molar-refractivity contribution is 0.565. The largest absolute Gasteiger partial charge is 0.398 e. The van der Waals surface area contributed by atoms with Gasteiger partial charge < -0.3 is 15.7 Å². The highest BCUT2D eigenvalue weighted by atomic mass is 16.1. The van der Waals surface area contributed by atoms with Crippen LogP contribution in [0, 0.1) is 0 Å². The van der Waals surface area contributed by atoms with Gasteiger partial charge in [0.25, 0.3) is 0 Å². The number of aliphatic imine (C=N–C) groups is 1. The number of aromatic amines is 2. The fraction of sp³-hybridized carbons (Fsp3) is 0. The van der Waals surface area contributed by atoms with E-state index in [0.717, 1.165) is 27.5 Å². The van der Waals surface area contributed by atoms with Crippen LogP contribution in [0.15, 0.2) is 65.9 Å². The summed E-state index contributed by atoms with van der Waals surface area (Å²) in [6.07, 6.45) is 5.23. The van der Waals surface area contributed by atoms with Gasteiger partial charge in [0.05, 0.1) is 5.69 Å². The summed E-state index contributed by atoms with van der Waals surface area (Å²) in [7, 11) is 0. The number of nitrogen functional groups attached to an aromatic ring is 1. The number of hydrogen-bond acceptors (Lipinski definition) is 3. The summed E-state index contributed by atoms with van der Waals surface area (Å²) in [5, 5.41) is 2.04. The van der Waals surface area contributed by atoms with Gasteiger partial charge >= 0.3 is 0 Å². The van der Waals surface area contributed by atoms with Crippen molar-refractivity contribution in [1.82, 2.24) is 9.97 Å². The Labute approximate surface area is 126 Å². The molecule has 0 bridgehead atoms. The molecule has 5 nitrogen and oxygen atoms in total. The third-order valence-corrected chi connectivity index (χ3v) is 3.37. The van der Waals surface area contributed by atoms with Gasteiger partial charge in [0.15, 0.2) is 0 Å². The summed E-state index contributed by atoms with van der Waals surface area (Å²) in [4.78, 5) is 19.7. The normalized spacial score (nSPS) is 10.0. The number of anilines is 1. The van der Waals surface area contributed by atoms with Gasteiger partial charge in [-0.1, -0.05) is 12.1 Å². The maximum Gasteiger partial charge on any atom is 0.240 e. The van der Waals surface area contributed by atoms with Crippen molar-refractivity contribution in [3.63, 3.8) is 0 Å². The molecule has 0 saturated heterocycles. The average Bonchev–Trinajstić information content (AvgIpc) is 3.18. The van der Waals surface area contributed by atoms with Gasteiger partial charge in [-0.15, -0.1) is 0 Å². The van der Waals surface area contributed by atoms with Crippen molar-refractivity contribution in [3.05, 3.63) is 60.9 Å². The lowest BCUT2D eigenvalue weighted by Gasteiger charge is -1.92. The highest BCUT2D eigenvalue weighted by Gasteiger charge is 1.98. The maximum atomic E-state index is 10.0. The number of fused-ring (bicyclic) bond motifs is 2. The SMILES string of the molecule is Nc1cccc2[nH]ccc12.O=C=Nc1cccc2[nH]ccc12. The first kappa shape index (κ1) is 13.7. The Morgan fingerprint density at radius 3 is 2.18 bits per heavy atom. The van der Waals surface area contributed by atoms with Crippen LogP contribution < -0.4 is 5.73 Å². The molecule has 0 spiro atoms. The van der Waals surface area contributed by atoms with E-state index in [1.54, 1.807) is 6.07 Å². The third kappa shape index (κ3) is 2.61. The Bertz CT molecular complexity index is 961. The zero-order valence-electron chi connectivity index (χ0n) is 11.7. The van der Waals surface area contributed by atoms with E-state index in [0.29, 0.717) is 5.69 Å². The fourth-order valence-electron chi connectivity index (χ4n) is 2.33. The number of carbonyl (C=O) groups excluding carboxylic acids is 1. The molecule has 0 amide bonds. The molecule has 2 aromatic heterocycles. The van der Waals surface area contributed by atoms with Crippen molar-refractivity contribution in [3.8, 4) is 0 Å². The van der Waals surface area contributed by atoms with Gasteiger partial charge in [0.1, 0.15) is 0 Å². The molecule has 2 heterocycles. The molecule has 0 saturated carbocycles. The van der Waals surface area contributed by atoms with E-state index in [-0.39, 0.29) is 0 Å². The van der Waals surface area contributed by atoms with Crippen LogP contribution in [0.3, 0.4) is 0 Å². The zero-order valence-corrected chi connectivity index (χ0v) is 11.7. The number of nitrogens with one attached hydrogen (secondary N) is 2. The van der Waals surface area contributed by atoms with Crippen molar-refractivity contribution >= 4 is 39.3 Å². The molecule has 0 radical (unpaired) electrons. The van der Waals surface area contributed by atoms with Crippen molar-refractivity contribution < 1.29 is 4.79 Å². The van der Waals surface area contributed by atoms with Crippen LogP contribution in [0.5, 0.6) is 0 Å². The van der Waals surface area contributed by atoms with E-state index >= 15 is 0 Å². The summed E-state index contributed by atoms with van der Waals surface area (Å²) in [5.41, 5.74) is 9.24. The second-order valence-electron chi connectivity index (χ2n) is 4.71. The van der Waals surface area contributed by atoms with Crippen LogP contribution in [0.1, 0.15) is 0 Å². The van der Waals surface area contributed by atoms with Crippen LogP contribution in [-0.2, 0) is 4.79 Å². The lowest BCUT2D eigenvalue weighted by Crippen LogP contribution is -1.82. The number of aromatic nitrogens is 2. The van der Waals surface area contributed by atoms with Crippen LogP contribution >= 0.6 is 0 Å². The van der Waals surface area contributed by atoms with E-state index in [2.05, 4.69) is 15.0 Å². The molecule has 108 valence electrons. The molecule has 0 atom stereocenters. The summed E-state index contributed by atoms with van der Waals surface area (Å²) in [6, 6.07) is 15.3. The number of benzene rings is 2. The molecule has 4 rings (SSSR count). The highest BCUT2D eigenvalue weighted by Crippen LogP contribution is 2.23. The molecule has 0 aliphatic carbocycles. The minimum absolute atomic E-state index is 0.656. The molecular formula is C17H14N4O. The molecule has 22 heavy (non-hydrogen) atoms. The fourth-order valence-corrected chi connectivity index (χ4v) is 2.33. The van der Waals surface area contributed by atoms with Gasteiger partial charge in [0.2, 0.25) is 6.08 Å². The first-order chi connectivity index (χ1) is 10.8. The number of hydrogen-bond donors (Lipinski definition) is 3. The third-order valence-electron chi connectivity index (χ3n) is 3.37. The van der Waals surface area contributed by atoms with E-state index < -0.39 is 0 Å². The van der Waals surface area contributed by atoms with Gasteiger partial charge in [0, 0.05) is 39.9 Å². The van der Waals surface area contributed by atoms with Crippen molar-refractivity contribution in [2.45, 2.75) is 0 Å². The predicted octanol–water partition coefficient (Wildman–Crippen LogP) is 3.89. The summed E-state index contributed by atoms with van der Waals surface area (Å²) in [6.45, 7) is 0. The molecule has 2 aromatic carbocycles. The summed E-state index contributed by atoms with van der Waals surface area (Å²) < 4.78 is 0. The number of H-pyrrole nitrogens is 2. The average molecular weight is 290 g/mol. The molecule has 4 aromatic rings. The lowest BCUT2D eigenvalue weighted by atomic mass is 10.2. The molecule has 0 aliphatic rings. The predicted molar refractivity (Wildman–Crippen MR) is 88.8 cm³/mol. The number of nitrogens with zero attached hydrogens (tertiary/aromatic N) is 1. The Morgan fingerprint density at radius 1 is 0.864 bits per heavy atom. The molecule has 0 unspecified atom stereocenters. The van der Waals surface area contributed by atoms with E-state index in [1.165, 1.54) is 6.08 Å². The van der Waals surface area contributed by atoms with Crippen LogP contribution in [-0.4, -0.2) is 16.0 Å². The van der Waals surface area contributed by atoms with Gasteiger partial charge in [-0.25, -0.2) is 4.79 Å². The topological polar surface area (TPSA) is 87.0 Å². The number of rotatable bonds is 1. The Hall–Kier alpha value is -3.30. The van der Waals surface area contributed by atoms with Crippen LogP contribution in [0.4, 0.5) is 11.4 Å². The zero-order chi connectivity index (χ0) is 15.4. The minimum Gasteiger partial charge on any atom is -0.398 e. The van der Waals surface area contributed by atoms with Crippen LogP contribution in [0.2, 0.25) is 0 Å². The van der Waals surface area contributed by atoms with Crippen molar-refractivity contribution in [1.29, 1.82) is 0 Å². The van der Waals surface area contributed by atoms with E-state index in [1.807, 2.05) is 54.9 Å². The maximum absolute atomic E-state index is 10.0. The number of isocyanates is 1. The van der Waals surface area contributed by atoms with Gasteiger partial charge in [-0.3, -0.25) is 0 Å². The van der Waals surface area contributed by atoms with Crippen molar-refractivity contribution in [2.24, 2.45) is 4.99 Å². The molecule has 0 fully saturated rings. The van der Waals surface area contributed by atoms with E-state index in [4.69, 9.17) is 5.73 Å². The Morgan fingerprint density at radius 2 is 1.50 bits per heavy atom. The first-order valence-electron chi connectivity index (χ1n) is 6.75.